The third-order valence-electron chi connectivity index (χ3n) is 15.0. The number of aliphatic hydroxyl groups excluding tert-OH is 5. The van der Waals surface area contributed by atoms with Crippen molar-refractivity contribution in [3.63, 3.8) is 0 Å². The van der Waals surface area contributed by atoms with E-state index in [1.54, 1.807) is 6.08 Å². The normalized spacial score (nSPS) is 19.3. The van der Waals surface area contributed by atoms with Crippen LogP contribution < -0.4 is 5.32 Å². The van der Waals surface area contributed by atoms with Gasteiger partial charge in [-0.05, 0) is 122 Å². The molecule has 11 nitrogen and oxygen atoms in total. The number of hydrogen-bond donors (Lipinski definition) is 6. The molecule has 0 radical (unpaired) electrons. The van der Waals surface area contributed by atoms with Crippen molar-refractivity contribution < 1.29 is 49.3 Å². The molecule has 1 heterocycles. The molecule has 0 saturated carbocycles. The summed E-state index contributed by atoms with van der Waals surface area (Å²) < 4.78 is 17.6. The molecule has 0 aromatic heterocycles. The molecule has 8 atom stereocenters. The van der Waals surface area contributed by atoms with Gasteiger partial charge in [0.05, 0.1) is 25.4 Å². The molecule has 0 spiro atoms. The number of nitrogens with one attached hydrogen (secondary N) is 1. The molecule has 6 N–H and O–H groups in total. The average Bonchev–Trinajstić information content (AvgIpc) is 3.69. The number of rotatable bonds is 56. The number of allylic oxidation sites excluding steroid dienone is 21. The first-order chi connectivity index (χ1) is 41.7. The van der Waals surface area contributed by atoms with Crippen LogP contribution in [-0.4, -0.2) is 99.6 Å². The van der Waals surface area contributed by atoms with Crippen molar-refractivity contribution in [2.75, 3.05) is 13.2 Å². The first kappa shape index (κ1) is 78.8. The second-order valence-electron chi connectivity index (χ2n) is 22.8. The lowest BCUT2D eigenvalue weighted by Crippen LogP contribution is -2.61. The van der Waals surface area contributed by atoms with Gasteiger partial charge in [0.2, 0.25) is 5.91 Å². The second kappa shape index (κ2) is 60.1. The van der Waals surface area contributed by atoms with Crippen LogP contribution in [0, 0.1) is 0 Å². The Balaban J connectivity index is 2.64. The fourth-order valence-corrected chi connectivity index (χ4v) is 9.70. The van der Waals surface area contributed by atoms with Crippen molar-refractivity contribution in [1.29, 1.82) is 0 Å². The molecule has 1 aliphatic heterocycles. The van der Waals surface area contributed by atoms with Crippen molar-refractivity contribution in [3.8, 4) is 0 Å². The third kappa shape index (κ3) is 47.5. The maximum Gasteiger partial charge on any atom is 0.306 e. The minimum absolute atomic E-state index is 0.0933. The lowest BCUT2D eigenvalue weighted by atomic mass is 9.99. The van der Waals surface area contributed by atoms with Crippen LogP contribution in [0.2, 0.25) is 0 Å². The van der Waals surface area contributed by atoms with E-state index in [-0.39, 0.29) is 19.4 Å². The third-order valence-corrected chi connectivity index (χ3v) is 15.0. The van der Waals surface area contributed by atoms with E-state index in [1.807, 2.05) is 6.08 Å². The molecule has 8 unspecified atom stereocenters. The number of carbonyl (C=O) groups excluding carboxylic acids is 2. The molecule has 0 aromatic rings. The predicted molar refractivity (Wildman–Crippen MR) is 356 cm³/mol. The largest absolute Gasteiger partial charge is 0.454 e. The van der Waals surface area contributed by atoms with Crippen LogP contribution in [0.1, 0.15) is 258 Å². The van der Waals surface area contributed by atoms with E-state index in [1.165, 1.54) is 64.2 Å². The van der Waals surface area contributed by atoms with Crippen molar-refractivity contribution in [1.82, 2.24) is 5.32 Å². The summed E-state index contributed by atoms with van der Waals surface area (Å²) in [5.74, 6) is -1.24. The van der Waals surface area contributed by atoms with Crippen LogP contribution >= 0.6 is 0 Å². The molecule has 85 heavy (non-hydrogen) atoms. The van der Waals surface area contributed by atoms with Gasteiger partial charge >= 0.3 is 5.97 Å². The molecule has 11 heteroatoms. The van der Waals surface area contributed by atoms with Crippen molar-refractivity contribution in [2.24, 2.45) is 0 Å². The zero-order valence-electron chi connectivity index (χ0n) is 53.7. The van der Waals surface area contributed by atoms with Crippen molar-refractivity contribution >= 4 is 11.9 Å². The fourth-order valence-electron chi connectivity index (χ4n) is 9.70. The summed E-state index contributed by atoms with van der Waals surface area (Å²) in [5, 5.41) is 57.1. The van der Waals surface area contributed by atoms with Crippen LogP contribution in [0.15, 0.2) is 134 Å². The highest BCUT2D eigenvalue weighted by Crippen LogP contribution is 2.26. The number of amides is 1. The van der Waals surface area contributed by atoms with Gasteiger partial charge in [-0.1, -0.05) is 264 Å². The summed E-state index contributed by atoms with van der Waals surface area (Å²) in [7, 11) is 0. The molecular weight excluding hydrogens is 1060 g/mol. The van der Waals surface area contributed by atoms with E-state index >= 15 is 0 Å². The maximum absolute atomic E-state index is 13.5. The van der Waals surface area contributed by atoms with Crippen LogP contribution in [0.5, 0.6) is 0 Å². The van der Waals surface area contributed by atoms with Crippen LogP contribution in [0.25, 0.3) is 0 Å². The Labute approximate surface area is 518 Å². The van der Waals surface area contributed by atoms with E-state index < -0.39 is 67.4 Å². The van der Waals surface area contributed by atoms with Crippen molar-refractivity contribution in [3.05, 3.63) is 134 Å². The summed E-state index contributed by atoms with van der Waals surface area (Å²) in [4.78, 5) is 26.6. The molecule has 0 bridgehead atoms. The maximum atomic E-state index is 13.5. The molecule has 1 aliphatic rings. The molecular formula is C74H123NO10. The number of unbranched alkanes of at least 4 members (excludes halogenated alkanes) is 22. The number of hydrogen-bond acceptors (Lipinski definition) is 10. The molecule has 1 rings (SSSR count). The lowest BCUT2D eigenvalue weighted by molar-refractivity contribution is -0.305. The van der Waals surface area contributed by atoms with Gasteiger partial charge in [-0.3, -0.25) is 9.59 Å². The average molecular weight is 1190 g/mol. The summed E-state index contributed by atoms with van der Waals surface area (Å²) in [5.41, 5.74) is 0. The van der Waals surface area contributed by atoms with Gasteiger partial charge < -0.3 is 45.1 Å². The monoisotopic (exact) mass is 1190 g/mol. The topological polar surface area (TPSA) is 175 Å². The Morgan fingerprint density at radius 2 is 0.847 bits per heavy atom. The molecule has 0 aliphatic carbocycles. The summed E-state index contributed by atoms with van der Waals surface area (Å²) in [6, 6.07) is -1.05. The Morgan fingerprint density at radius 3 is 1.29 bits per heavy atom. The molecule has 484 valence electrons. The smallest absolute Gasteiger partial charge is 0.306 e. The van der Waals surface area contributed by atoms with Gasteiger partial charge in [-0.15, -0.1) is 0 Å². The quantitative estimate of drug-likeness (QED) is 0.0195. The Bertz CT molecular complexity index is 1890. The number of aliphatic hydroxyl groups is 5. The SMILES string of the molecule is CC/C=C\C/C=C\C/C=C\C/C=C\C/C=C\C/C=C\CCCCCCCC(O)C(=O)NC(COC1OC(CO)C(O)C(O)C1OC(=O)CCCCCCC/C=C\C/C=C\C/C=C\C/C=C\CCCCC)C(O)/C=C/CCCCCCCCCCC. The first-order valence-electron chi connectivity index (χ1n) is 34.0. The van der Waals surface area contributed by atoms with E-state index in [9.17, 15) is 35.1 Å². The fraction of sp³-hybridized carbons (Fsp3) is 0.676. The summed E-state index contributed by atoms with van der Waals surface area (Å²) in [6.07, 6.45) is 74.8. The van der Waals surface area contributed by atoms with Crippen LogP contribution in [-0.2, 0) is 23.8 Å². The molecule has 1 fully saturated rings. The summed E-state index contributed by atoms with van der Waals surface area (Å²) in [6.45, 7) is 5.62. The lowest BCUT2D eigenvalue weighted by Gasteiger charge is -2.41. The highest BCUT2D eigenvalue weighted by atomic mass is 16.7. The van der Waals surface area contributed by atoms with Gasteiger partial charge in [-0.2, -0.15) is 0 Å². The molecule has 1 amide bonds. The molecule has 1 saturated heterocycles. The molecule has 0 aromatic carbocycles. The van der Waals surface area contributed by atoms with Gasteiger partial charge in [0.25, 0.3) is 0 Å². The first-order valence-corrected chi connectivity index (χ1v) is 34.0. The van der Waals surface area contributed by atoms with Gasteiger partial charge in [0.1, 0.15) is 24.4 Å². The minimum Gasteiger partial charge on any atom is -0.454 e. The zero-order valence-corrected chi connectivity index (χ0v) is 53.7. The number of carbonyl (C=O) groups is 2. The van der Waals surface area contributed by atoms with Gasteiger partial charge in [-0.25, -0.2) is 0 Å². The Morgan fingerprint density at radius 1 is 0.471 bits per heavy atom. The van der Waals surface area contributed by atoms with Crippen LogP contribution in [0.4, 0.5) is 0 Å². The van der Waals surface area contributed by atoms with E-state index in [0.717, 1.165) is 148 Å². The minimum atomic E-state index is -1.63. The van der Waals surface area contributed by atoms with E-state index in [4.69, 9.17) is 14.2 Å². The van der Waals surface area contributed by atoms with Crippen molar-refractivity contribution in [2.45, 2.75) is 307 Å². The second-order valence-corrected chi connectivity index (χ2v) is 22.8. The predicted octanol–water partition coefficient (Wildman–Crippen LogP) is 17.2. The summed E-state index contributed by atoms with van der Waals surface area (Å²) >= 11 is 0. The highest BCUT2D eigenvalue weighted by Gasteiger charge is 2.47. The van der Waals surface area contributed by atoms with E-state index in [0.29, 0.717) is 12.8 Å². The highest BCUT2D eigenvalue weighted by molar-refractivity contribution is 5.80. The zero-order chi connectivity index (χ0) is 61.7. The standard InChI is InChI=1S/C74H123NO10/c1-4-7-10-13-16-19-22-24-26-28-30-32-33-34-36-37-39-41-43-46-49-52-55-58-61-67(78)73(82)75-65(66(77)60-57-54-51-48-45-21-18-15-12-9-6-3)64-83-74-72(71(81)70(80)68(63-76)84-74)85-69(79)62-59-56-53-50-47-44-42-40-38-35-31-29-27-25-23-20-17-14-11-8-5-2/h7,10,16-17,19-20,24-27,30-32,34-36,39-42,57,60,65-68,70-72,74,76-78,80-81H,4-6,8-9,11-15,18,21-23,28-29,33,37-38,43-56,58-59,61-64H2,1-3H3,(H,75,82)/b10-7-,19-16-,20-17-,26-24-,27-25-,32-30-,35-31-,36-34-,41-39-,42-40-,60-57+. The Hall–Kier alpha value is -4.20. The number of ether oxygens (including phenoxy) is 3. The van der Waals surface area contributed by atoms with E-state index in [2.05, 4.69) is 148 Å². The van der Waals surface area contributed by atoms with Gasteiger partial charge in [0, 0.05) is 6.42 Å². The number of esters is 1. The van der Waals surface area contributed by atoms with Gasteiger partial charge in [0.15, 0.2) is 12.4 Å². The van der Waals surface area contributed by atoms with Crippen LogP contribution in [0.3, 0.4) is 0 Å². The Kier molecular flexibility index (Phi) is 55.7.